The van der Waals surface area contributed by atoms with Crippen molar-refractivity contribution >= 4 is 30.4 Å². The standard InChI is InChI=1S/C65H83N7/c1-13-20-23-26-29-34-50-69(53(9)37-16-4)54(10)46-47-56(18-6)70(55(17-5)39-30-24-21-14-2)64(66-11)68-65(67-12)71(57-40-31-27-28-32-41-57)58-42-36-43-59(49-48-58)72-62(19-7)60(44-33-25-22-15-3)61-45-35-38-52(8)51-63(61)72/h14,16-18,21-29,31-32,34-37,39-40,43,45-49,52H,2,5-6,9,11,13,15,19-20,30,33,38,41-42,44,50-51H2,1,3-4,7-8,10,12H3/b24-21-,25-22-,26-23-,34-29-,37-16-,54-46+,55-39+,56-47+,67-65?,68-64?. The van der Waals surface area contributed by atoms with Crippen molar-refractivity contribution < 1.29 is 0 Å². The monoisotopic (exact) mass is 962 g/mol. The molecule has 1 atom stereocenters. The molecule has 4 rings (SSSR count). The molecule has 7 heteroatoms. The van der Waals surface area contributed by atoms with Crippen molar-refractivity contribution in [2.75, 3.05) is 13.6 Å². The number of hydrogen-bond donors (Lipinski definition) is 0. The molecule has 3 aliphatic rings. The van der Waals surface area contributed by atoms with E-state index < -0.39 is 0 Å². The minimum absolute atomic E-state index is 0.307. The lowest BCUT2D eigenvalue weighted by Gasteiger charge is -2.30. The van der Waals surface area contributed by atoms with Crippen molar-refractivity contribution in [1.29, 1.82) is 0 Å². The molecule has 7 nitrogen and oxygen atoms in total. The summed E-state index contributed by atoms with van der Waals surface area (Å²) in [5.41, 5.74) is 12.2. The van der Waals surface area contributed by atoms with Gasteiger partial charge in [0.25, 0.3) is 0 Å². The summed E-state index contributed by atoms with van der Waals surface area (Å²) in [7, 11) is 1.78. The summed E-state index contributed by atoms with van der Waals surface area (Å²) in [5.74, 6) is 1.31. The smallest absolute Gasteiger partial charge is 0.237 e. The van der Waals surface area contributed by atoms with E-state index in [-0.39, 0.29) is 0 Å². The number of guanidine groups is 2. The van der Waals surface area contributed by atoms with Gasteiger partial charge in [-0.25, -0.2) is 4.99 Å². The van der Waals surface area contributed by atoms with E-state index in [1.54, 1.807) is 25.3 Å². The summed E-state index contributed by atoms with van der Waals surface area (Å²) in [5, 5.41) is 0. The van der Waals surface area contributed by atoms with Crippen molar-refractivity contribution in [1.82, 2.24) is 19.3 Å². The molecule has 0 aliphatic heterocycles. The molecule has 0 saturated heterocycles. The molecule has 0 radical (unpaired) electrons. The number of rotatable bonds is 24. The molecule has 0 N–H and O–H groups in total. The van der Waals surface area contributed by atoms with Crippen LogP contribution in [0, 0.1) is 5.92 Å². The van der Waals surface area contributed by atoms with Crippen LogP contribution in [0.1, 0.15) is 115 Å². The van der Waals surface area contributed by atoms with Gasteiger partial charge in [-0.3, -0.25) is 14.8 Å². The SMILES string of the molecule is C=C/C=C\C/C=C(\C=C)N(C(N=C)=NC(=NC)N(C1=CC=CC=CC1)C1=CC=C(n2c3c(c(CC/C=C\CC)c2CC)C=CCC(C)C3)C=CC1)/C(C=C)=C/C=C(\C)N(C/C=C\C=C/CCC)C(=C)/C=C\C. The summed E-state index contributed by atoms with van der Waals surface area (Å²) in [4.78, 5) is 21.2. The number of aromatic nitrogens is 1. The molecule has 1 unspecified atom stereocenters. The number of allylic oxidation sites excluding steroid dienone is 27. The zero-order valence-electron chi connectivity index (χ0n) is 44.8. The molecule has 1 heterocycles. The van der Waals surface area contributed by atoms with Crippen LogP contribution >= 0.6 is 0 Å². The van der Waals surface area contributed by atoms with Crippen LogP contribution in [0.15, 0.2) is 233 Å². The zero-order valence-corrected chi connectivity index (χ0v) is 44.8. The van der Waals surface area contributed by atoms with Gasteiger partial charge >= 0.3 is 0 Å². The summed E-state index contributed by atoms with van der Waals surface area (Å²) < 4.78 is 2.56. The van der Waals surface area contributed by atoms with Gasteiger partial charge in [0.15, 0.2) is 0 Å². The van der Waals surface area contributed by atoms with Crippen LogP contribution in [0.5, 0.6) is 0 Å². The molecular formula is C65H83N7. The fraction of sp³-hybridized carbons (Fsp3) is 0.308. The lowest BCUT2D eigenvalue weighted by atomic mass is 10.00. The Bertz CT molecular complexity index is 2600. The average Bonchev–Trinajstić information content (AvgIpc) is 3.74. The average molecular weight is 962 g/mol. The quantitative estimate of drug-likeness (QED) is 0.0449. The molecule has 0 fully saturated rings. The maximum atomic E-state index is 5.33. The lowest BCUT2D eigenvalue weighted by molar-refractivity contribution is 0.490. The Labute approximate surface area is 435 Å². The first-order chi connectivity index (χ1) is 35.2. The van der Waals surface area contributed by atoms with Gasteiger partial charge in [-0.15, -0.1) is 0 Å². The first-order valence-corrected chi connectivity index (χ1v) is 26.0. The van der Waals surface area contributed by atoms with Crippen molar-refractivity contribution in [3.05, 3.63) is 241 Å². The van der Waals surface area contributed by atoms with Gasteiger partial charge in [0.05, 0.1) is 0 Å². The molecule has 378 valence electrons. The third kappa shape index (κ3) is 16.4. The van der Waals surface area contributed by atoms with E-state index in [0.717, 1.165) is 85.5 Å². The van der Waals surface area contributed by atoms with Crippen LogP contribution in [-0.2, 0) is 19.3 Å². The summed E-state index contributed by atoms with van der Waals surface area (Å²) in [6.07, 6.45) is 67.3. The molecule has 0 spiro atoms. The largest absolute Gasteiger partial charge is 0.342 e. The van der Waals surface area contributed by atoms with Crippen molar-refractivity contribution in [3.8, 4) is 0 Å². The minimum atomic E-state index is 0.307. The second-order valence-corrected chi connectivity index (χ2v) is 17.7. The van der Waals surface area contributed by atoms with Crippen LogP contribution in [0.4, 0.5) is 0 Å². The van der Waals surface area contributed by atoms with Crippen molar-refractivity contribution in [2.45, 2.75) is 112 Å². The van der Waals surface area contributed by atoms with Crippen LogP contribution in [0.2, 0.25) is 0 Å². The highest BCUT2D eigenvalue weighted by Gasteiger charge is 2.27. The maximum absolute atomic E-state index is 5.33. The Morgan fingerprint density at radius 2 is 1.61 bits per heavy atom. The van der Waals surface area contributed by atoms with Gasteiger partial charge in [0.2, 0.25) is 11.9 Å². The van der Waals surface area contributed by atoms with E-state index in [2.05, 4.69) is 202 Å². The highest BCUT2D eigenvalue weighted by Crippen LogP contribution is 2.36. The lowest BCUT2D eigenvalue weighted by Crippen LogP contribution is -2.33. The Kier molecular flexibility index (Phi) is 25.4. The first kappa shape index (κ1) is 57.3. The number of unbranched alkanes of at least 4 members (excludes halogenated alkanes) is 1. The molecule has 1 aromatic rings. The fourth-order valence-electron chi connectivity index (χ4n) is 8.89. The van der Waals surface area contributed by atoms with Crippen LogP contribution in [0.3, 0.4) is 0 Å². The summed E-state index contributed by atoms with van der Waals surface area (Å²) in [6, 6.07) is 0. The topological polar surface area (TPSA) is 51.7 Å². The predicted molar refractivity (Wildman–Crippen MR) is 317 cm³/mol. The third-order valence-electron chi connectivity index (χ3n) is 12.4. The number of nitrogens with zero attached hydrogens (tertiary/aromatic N) is 7. The van der Waals surface area contributed by atoms with Crippen molar-refractivity contribution in [3.63, 3.8) is 0 Å². The molecule has 3 aliphatic carbocycles. The second kappa shape index (κ2) is 31.9. The highest BCUT2D eigenvalue weighted by molar-refractivity contribution is 6.00. The van der Waals surface area contributed by atoms with E-state index >= 15 is 0 Å². The minimum Gasteiger partial charge on any atom is -0.342 e. The van der Waals surface area contributed by atoms with E-state index in [1.807, 2.05) is 42.2 Å². The highest BCUT2D eigenvalue weighted by atomic mass is 15.4. The Hall–Kier alpha value is -7.25. The van der Waals surface area contributed by atoms with Crippen molar-refractivity contribution in [2.24, 2.45) is 20.9 Å². The van der Waals surface area contributed by atoms with E-state index in [0.29, 0.717) is 49.3 Å². The van der Waals surface area contributed by atoms with E-state index in [9.17, 15) is 0 Å². The maximum Gasteiger partial charge on any atom is 0.237 e. The normalized spacial score (nSPS) is 17.1. The Morgan fingerprint density at radius 3 is 2.32 bits per heavy atom. The predicted octanol–water partition coefficient (Wildman–Crippen LogP) is 16.8. The number of aliphatic imine (C=N–C) groups is 3. The fourth-order valence-corrected chi connectivity index (χ4v) is 8.89. The summed E-state index contributed by atoms with van der Waals surface area (Å²) >= 11 is 0. The van der Waals surface area contributed by atoms with Gasteiger partial charge in [-0.2, -0.15) is 4.99 Å². The van der Waals surface area contributed by atoms with Gasteiger partial charge < -0.3 is 9.47 Å². The first-order valence-electron chi connectivity index (χ1n) is 26.0. The summed E-state index contributed by atoms with van der Waals surface area (Å²) in [6.45, 7) is 34.7. The molecule has 72 heavy (non-hydrogen) atoms. The Morgan fingerprint density at radius 1 is 0.833 bits per heavy atom. The van der Waals surface area contributed by atoms with Gasteiger partial charge in [-0.1, -0.05) is 170 Å². The third-order valence-corrected chi connectivity index (χ3v) is 12.4. The molecule has 0 bridgehead atoms. The van der Waals surface area contributed by atoms with Crippen LogP contribution < -0.4 is 0 Å². The van der Waals surface area contributed by atoms with Crippen LogP contribution in [-0.4, -0.2) is 51.5 Å². The molecule has 1 aromatic heterocycles. The van der Waals surface area contributed by atoms with Gasteiger partial charge in [0.1, 0.15) is 0 Å². The van der Waals surface area contributed by atoms with Gasteiger partial charge in [0, 0.05) is 77.7 Å². The Balaban J connectivity index is 1.94. The van der Waals surface area contributed by atoms with E-state index in [4.69, 9.17) is 9.98 Å². The van der Waals surface area contributed by atoms with Gasteiger partial charge in [-0.05, 0) is 144 Å². The molecule has 0 aromatic carbocycles. The number of hydrogen-bond acceptors (Lipinski definition) is 2. The number of fused-ring (bicyclic) bond motifs is 1. The second-order valence-electron chi connectivity index (χ2n) is 17.7. The molecular weight excluding hydrogens is 879 g/mol. The molecule has 0 amide bonds. The zero-order chi connectivity index (χ0) is 52.1. The molecule has 0 saturated carbocycles. The van der Waals surface area contributed by atoms with Crippen LogP contribution in [0.25, 0.3) is 11.8 Å². The van der Waals surface area contributed by atoms with E-state index in [1.165, 1.54) is 22.5 Å².